The number of hydrogen-bond donors (Lipinski definition) is 0. The molecular formula is C14H11BrO. The van der Waals surface area contributed by atoms with E-state index in [9.17, 15) is 0 Å². The molecule has 1 aliphatic heterocycles. The second-order valence-corrected chi connectivity index (χ2v) is 4.89. The summed E-state index contributed by atoms with van der Waals surface area (Å²) in [7, 11) is 0. The Morgan fingerprint density at radius 1 is 1.06 bits per heavy atom. The highest BCUT2D eigenvalue weighted by Gasteiger charge is 2.23. The predicted octanol–water partition coefficient (Wildman–Crippen LogP) is 4.13. The molecule has 2 aromatic rings. The molecule has 2 aromatic carbocycles. The first-order valence-corrected chi connectivity index (χ1v) is 6.12. The van der Waals surface area contributed by atoms with Crippen molar-refractivity contribution in [3.8, 4) is 5.75 Å². The minimum absolute atomic E-state index is 0.172. The van der Waals surface area contributed by atoms with E-state index in [-0.39, 0.29) is 6.10 Å². The van der Waals surface area contributed by atoms with Crippen LogP contribution in [0.2, 0.25) is 0 Å². The van der Waals surface area contributed by atoms with Crippen molar-refractivity contribution in [3.63, 3.8) is 0 Å². The molecule has 3 rings (SSSR count). The van der Waals surface area contributed by atoms with Crippen LogP contribution in [0.3, 0.4) is 0 Å². The molecule has 0 radical (unpaired) electrons. The normalized spacial score (nSPS) is 17.9. The molecule has 1 atom stereocenters. The fraction of sp³-hybridized carbons (Fsp3) is 0.143. The smallest absolute Gasteiger partial charge is 0.128 e. The zero-order chi connectivity index (χ0) is 11.0. The largest absolute Gasteiger partial charge is 0.485 e. The molecule has 0 bridgehead atoms. The summed E-state index contributed by atoms with van der Waals surface area (Å²) in [4.78, 5) is 0. The van der Waals surface area contributed by atoms with Gasteiger partial charge < -0.3 is 4.74 Å². The monoisotopic (exact) mass is 274 g/mol. The van der Waals surface area contributed by atoms with Gasteiger partial charge in [0.05, 0.1) is 0 Å². The second-order valence-electron chi connectivity index (χ2n) is 3.97. The molecule has 0 aromatic heterocycles. The molecule has 0 fully saturated rings. The van der Waals surface area contributed by atoms with Crippen LogP contribution >= 0.6 is 15.9 Å². The van der Waals surface area contributed by atoms with Gasteiger partial charge in [-0.2, -0.15) is 0 Å². The number of fused-ring (bicyclic) bond motifs is 1. The Balaban J connectivity index is 1.91. The van der Waals surface area contributed by atoms with E-state index in [0.717, 1.165) is 16.6 Å². The summed E-state index contributed by atoms with van der Waals surface area (Å²) in [6.07, 6.45) is 1.13. The van der Waals surface area contributed by atoms with Crippen molar-refractivity contribution >= 4 is 15.9 Å². The molecule has 1 nitrogen and oxygen atoms in total. The van der Waals surface area contributed by atoms with Gasteiger partial charge in [0.1, 0.15) is 11.9 Å². The summed E-state index contributed by atoms with van der Waals surface area (Å²) in [5.41, 5.74) is 2.53. The molecule has 80 valence electrons. The molecule has 1 aliphatic rings. The minimum atomic E-state index is 0.172. The van der Waals surface area contributed by atoms with Gasteiger partial charge in [0.25, 0.3) is 0 Å². The standard InChI is InChI=1S/C14H11BrO/c15-12-6-7-13-11(8-12)9-14(16-13)10-4-2-1-3-5-10/h1-8,14H,9H2. The van der Waals surface area contributed by atoms with Crippen molar-refractivity contribution in [1.82, 2.24) is 0 Å². The Morgan fingerprint density at radius 3 is 2.69 bits per heavy atom. The van der Waals surface area contributed by atoms with Crippen molar-refractivity contribution in [2.75, 3.05) is 0 Å². The number of halogens is 1. The molecular weight excluding hydrogens is 264 g/mol. The van der Waals surface area contributed by atoms with Crippen LogP contribution < -0.4 is 4.74 Å². The van der Waals surface area contributed by atoms with E-state index in [1.807, 2.05) is 18.2 Å². The van der Waals surface area contributed by atoms with Gasteiger partial charge >= 0.3 is 0 Å². The van der Waals surface area contributed by atoms with Crippen molar-refractivity contribution in [3.05, 3.63) is 64.1 Å². The second kappa shape index (κ2) is 3.95. The van der Waals surface area contributed by atoms with Gasteiger partial charge in [0, 0.05) is 10.9 Å². The highest BCUT2D eigenvalue weighted by molar-refractivity contribution is 9.10. The van der Waals surface area contributed by atoms with Crippen molar-refractivity contribution in [2.45, 2.75) is 12.5 Å². The summed E-state index contributed by atoms with van der Waals surface area (Å²) in [5.74, 6) is 1.01. The number of rotatable bonds is 1. The van der Waals surface area contributed by atoms with E-state index in [1.54, 1.807) is 0 Å². The summed E-state index contributed by atoms with van der Waals surface area (Å²) < 4.78 is 7.04. The number of benzene rings is 2. The van der Waals surface area contributed by atoms with Crippen LogP contribution in [0.15, 0.2) is 53.0 Å². The van der Waals surface area contributed by atoms with E-state index in [2.05, 4.69) is 46.3 Å². The van der Waals surface area contributed by atoms with E-state index >= 15 is 0 Å². The van der Waals surface area contributed by atoms with Crippen LogP contribution in [0.5, 0.6) is 5.75 Å². The highest BCUT2D eigenvalue weighted by atomic mass is 79.9. The van der Waals surface area contributed by atoms with Gasteiger partial charge in [0.15, 0.2) is 0 Å². The maximum Gasteiger partial charge on any atom is 0.128 e. The highest BCUT2D eigenvalue weighted by Crippen LogP contribution is 2.37. The lowest BCUT2D eigenvalue weighted by molar-refractivity contribution is 0.238. The molecule has 1 unspecified atom stereocenters. The molecule has 1 heterocycles. The maximum absolute atomic E-state index is 5.93. The molecule has 0 spiro atoms. The Labute approximate surface area is 103 Å². The lowest BCUT2D eigenvalue weighted by atomic mass is 10.0. The van der Waals surface area contributed by atoms with Gasteiger partial charge in [-0.1, -0.05) is 46.3 Å². The molecule has 2 heteroatoms. The van der Waals surface area contributed by atoms with Crippen molar-refractivity contribution in [2.24, 2.45) is 0 Å². The van der Waals surface area contributed by atoms with E-state index in [0.29, 0.717) is 0 Å². The SMILES string of the molecule is Brc1ccc2c(c1)CC(c1ccccc1)O2. The fourth-order valence-electron chi connectivity index (χ4n) is 2.07. The van der Waals surface area contributed by atoms with E-state index in [4.69, 9.17) is 4.74 Å². The molecule has 16 heavy (non-hydrogen) atoms. The number of ether oxygens (including phenoxy) is 1. The van der Waals surface area contributed by atoms with Crippen LogP contribution in [0.25, 0.3) is 0 Å². The van der Waals surface area contributed by atoms with Gasteiger partial charge in [-0.25, -0.2) is 0 Å². The Kier molecular flexibility index (Phi) is 2.44. The molecule has 0 aliphatic carbocycles. The van der Waals surface area contributed by atoms with Gasteiger partial charge in [-0.05, 0) is 29.3 Å². The average Bonchev–Trinajstić information content (AvgIpc) is 2.73. The van der Waals surface area contributed by atoms with Gasteiger partial charge in [-0.15, -0.1) is 0 Å². The Bertz CT molecular complexity index is 507. The first kappa shape index (κ1) is 9.91. The van der Waals surface area contributed by atoms with Gasteiger partial charge in [-0.3, -0.25) is 0 Å². The van der Waals surface area contributed by atoms with Crippen LogP contribution in [-0.4, -0.2) is 0 Å². The van der Waals surface area contributed by atoms with Crippen LogP contribution in [0.1, 0.15) is 17.2 Å². The Hall–Kier alpha value is -1.28. The van der Waals surface area contributed by atoms with Gasteiger partial charge in [0.2, 0.25) is 0 Å². The molecule has 0 N–H and O–H groups in total. The van der Waals surface area contributed by atoms with Crippen LogP contribution in [-0.2, 0) is 6.42 Å². The lowest BCUT2D eigenvalue weighted by Gasteiger charge is -2.10. The van der Waals surface area contributed by atoms with Crippen molar-refractivity contribution < 1.29 is 4.74 Å². The first-order chi connectivity index (χ1) is 7.83. The maximum atomic E-state index is 5.93. The third kappa shape index (κ3) is 1.74. The summed E-state index contributed by atoms with van der Waals surface area (Å²) in [6, 6.07) is 16.6. The lowest BCUT2D eigenvalue weighted by Crippen LogP contribution is -2.02. The van der Waals surface area contributed by atoms with Crippen molar-refractivity contribution in [1.29, 1.82) is 0 Å². The van der Waals surface area contributed by atoms with E-state index in [1.165, 1.54) is 11.1 Å². The Morgan fingerprint density at radius 2 is 1.88 bits per heavy atom. The summed E-state index contributed by atoms with van der Waals surface area (Å²) in [5, 5.41) is 0. The fourth-order valence-corrected chi connectivity index (χ4v) is 2.48. The average molecular weight is 275 g/mol. The summed E-state index contributed by atoms with van der Waals surface area (Å²) >= 11 is 3.49. The van der Waals surface area contributed by atoms with Crippen LogP contribution in [0.4, 0.5) is 0 Å². The third-order valence-corrected chi connectivity index (χ3v) is 3.36. The first-order valence-electron chi connectivity index (χ1n) is 5.33. The molecule has 0 amide bonds. The molecule has 0 saturated carbocycles. The summed E-state index contributed by atoms with van der Waals surface area (Å²) in [6.45, 7) is 0. The zero-order valence-electron chi connectivity index (χ0n) is 8.69. The van der Waals surface area contributed by atoms with E-state index < -0.39 is 0 Å². The predicted molar refractivity (Wildman–Crippen MR) is 67.7 cm³/mol. The van der Waals surface area contributed by atoms with Crippen LogP contribution in [0, 0.1) is 0 Å². The zero-order valence-corrected chi connectivity index (χ0v) is 10.3. The topological polar surface area (TPSA) is 9.23 Å². The quantitative estimate of drug-likeness (QED) is 0.760. The third-order valence-electron chi connectivity index (χ3n) is 2.87. The molecule has 0 saturated heterocycles. The minimum Gasteiger partial charge on any atom is -0.485 e. The number of hydrogen-bond acceptors (Lipinski definition) is 1.